The van der Waals surface area contributed by atoms with Crippen molar-refractivity contribution in [1.29, 1.82) is 0 Å². The summed E-state index contributed by atoms with van der Waals surface area (Å²) in [5, 5.41) is 7.86. The SMILES string of the molecule is O=C(CCCn1nc(-c2ccc(F)cc2)ccc1=O)Nc1cc(Cl)cc(Cl)c1. The quantitative estimate of drug-likeness (QED) is 0.625. The molecule has 0 saturated carbocycles. The van der Waals surface area contributed by atoms with E-state index in [9.17, 15) is 14.0 Å². The molecule has 144 valence electrons. The summed E-state index contributed by atoms with van der Waals surface area (Å²) in [6.45, 7) is 0.275. The number of nitrogens with zero attached hydrogens (tertiary/aromatic N) is 2. The van der Waals surface area contributed by atoms with Gasteiger partial charge in [0.2, 0.25) is 5.91 Å². The fraction of sp³-hybridized carbons (Fsp3) is 0.150. The van der Waals surface area contributed by atoms with Gasteiger partial charge in [0.25, 0.3) is 5.56 Å². The van der Waals surface area contributed by atoms with E-state index >= 15 is 0 Å². The number of carbonyl (C=O) groups is 1. The number of hydrogen-bond donors (Lipinski definition) is 1. The first-order chi connectivity index (χ1) is 13.4. The van der Waals surface area contributed by atoms with Crippen LogP contribution in [0.2, 0.25) is 10.0 Å². The molecule has 8 heteroatoms. The zero-order valence-corrected chi connectivity index (χ0v) is 16.2. The average Bonchev–Trinajstić information content (AvgIpc) is 2.63. The maximum absolute atomic E-state index is 13.1. The van der Waals surface area contributed by atoms with Crippen molar-refractivity contribution in [2.75, 3.05) is 5.32 Å². The number of nitrogens with one attached hydrogen (secondary N) is 1. The van der Waals surface area contributed by atoms with Gasteiger partial charge in [-0.15, -0.1) is 0 Å². The predicted molar refractivity (Wildman–Crippen MR) is 108 cm³/mol. The van der Waals surface area contributed by atoms with Crippen molar-refractivity contribution in [3.05, 3.63) is 80.8 Å². The molecule has 0 aliphatic heterocycles. The molecular formula is C20H16Cl2FN3O2. The van der Waals surface area contributed by atoms with E-state index in [0.717, 1.165) is 0 Å². The van der Waals surface area contributed by atoms with Gasteiger partial charge in [-0.2, -0.15) is 5.10 Å². The normalized spacial score (nSPS) is 10.7. The summed E-state index contributed by atoms with van der Waals surface area (Å²) in [7, 11) is 0. The van der Waals surface area contributed by atoms with Crippen LogP contribution in [-0.2, 0) is 11.3 Å². The monoisotopic (exact) mass is 419 g/mol. The van der Waals surface area contributed by atoms with Crippen LogP contribution in [0.3, 0.4) is 0 Å². The van der Waals surface area contributed by atoms with E-state index in [2.05, 4.69) is 10.4 Å². The molecule has 0 fully saturated rings. The van der Waals surface area contributed by atoms with Crippen LogP contribution in [0.4, 0.5) is 10.1 Å². The molecule has 1 amide bonds. The number of aromatic nitrogens is 2. The van der Waals surface area contributed by atoms with Gasteiger partial charge >= 0.3 is 0 Å². The van der Waals surface area contributed by atoms with Gasteiger partial charge in [-0.05, 0) is 55.0 Å². The molecule has 0 spiro atoms. The molecule has 0 unspecified atom stereocenters. The molecule has 5 nitrogen and oxygen atoms in total. The van der Waals surface area contributed by atoms with Gasteiger partial charge in [0, 0.05) is 40.3 Å². The summed E-state index contributed by atoms with van der Waals surface area (Å²) >= 11 is 11.8. The lowest BCUT2D eigenvalue weighted by Gasteiger charge is -2.08. The fourth-order valence-electron chi connectivity index (χ4n) is 2.62. The highest BCUT2D eigenvalue weighted by atomic mass is 35.5. The zero-order chi connectivity index (χ0) is 20.1. The number of benzene rings is 2. The van der Waals surface area contributed by atoms with Crippen LogP contribution in [0.25, 0.3) is 11.3 Å². The first-order valence-electron chi connectivity index (χ1n) is 8.51. The minimum atomic E-state index is -0.343. The third-order valence-corrected chi connectivity index (χ3v) is 4.36. The van der Waals surface area contributed by atoms with Gasteiger partial charge in [0.15, 0.2) is 0 Å². The van der Waals surface area contributed by atoms with E-state index in [-0.39, 0.29) is 30.2 Å². The molecule has 0 radical (unpaired) electrons. The van der Waals surface area contributed by atoms with Crippen molar-refractivity contribution >= 4 is 34.8 Å². The molecule has 1 N–H and O–H groups in total. The lowest BCUT2D eigenvalue weighted by Crippen LogP contribution is -2.23. The summed E-state index contributed by atoms with van der Waals surface area (Å²) < 4.78 is 14.4. The smallest absolute Gasteiger partial charge is 0.266 e. The fourth-order valence-corrected chi connectivity index (χ4v) is 3.15. The first-order valence-corrected chi connectivity index (χ1v) is 9.26. The number of anilines is 1. The molecule has 0 aliphatic carbocycles. The van der Waals surface area contributed by atoms with E-state index in [1.807, 2.05) is 0 Å². The van der Waals surface area contributed by atoms with Crippen LogP contribution in [0.15, 0.2) is 59.4 Å². The molecule has 3 aromatic rings. The number of amides is 1. The second kappa shape index (κ2) is 8.99. The Kier molecular flexibility index (Phi) is 6.44. The van der Waals surface area contributed by atoms with Crippen molar-refractivity contribution in [3.8, 4) is 11.3 Å². The maximum atomic E-state index is 13.1. The van der Waals surface area contributed by atoms with Crippen molar-refractivity contribution in [3.63, 3.8) is 0 Å². The topological polar surface area (TPSA) is 64.0 Å². The Bertz CT molecular complexity index is 1030. The highest BCUT2D eigenvalue weighted by Crippen LogP contribution is 2.22. The summed E-state index contributed by atoms with van der Waals surface area (Å²) in [4.78, 5) is 24.1. The molecule has 0 aliphatic rings. The molecule has 28 heavy (non-hydrogen) atoms. The minimum absolute atomic E-state index is 0.193. The third-order valence-electron chi connectivity index (χ3n) is 3.93. The second-order valence-corrected chi connectivity index (χ2v) is 6.97. The number of carbonyl (C=O) groups excluding carboxylic acids is 1. The van der Waals surface area contributed by atoms with Crippen molar-refractivity contribution in [1.82, 2.24) is 9.78 Å². The standard InChI is InChI=1S/C20H16Cl2FN3O2/c21-14-10-15(22)12-17(11-14)24-19(27)2-1-9-26-20(28)8-7-18(25-26)13-3-5-16(23)6-4-13/h3-8,10-12H,1-2,9H2,(H,24,27). The van der Waals surface area contributed by atoms with Gasteiger partial charge in [0.1, 0.15) is 5.82 Å². The van der Waals surface area contributed by atoms with E-state index < -0.39 is 0 Å². The van der Waals surface area contributed by atoms with Gasteiger partial charge < -0.3 is 5.32 Å². The highest BCUT2D eigenvalue weighted by molar-refractivity contribution is 6.35. The van der Waals surface area contributed by atoms with Gasteiger partial charge in [0.05, 0.1) is 5.69 Å². The minimum Gasteiger partial charge on any atom is -0.326 e. The van der Waals surface area contributed by atoms with Crippen LogP contribution in [0.1, 0.15) is 12.8 Å². The van der Waals surface area contributed by atoms with E-state index in [4.69, 9.17) is 23.2 Å². The van der Waals surface area contributed by atoms with E-state index in [1.54, 1.807) is 36.4 Å². The Labute approximate surface area is 170 Å². The van der Waals surface area contributed by atoms with E-state index in [1.165, 1.54) is 22.9 Å². The average molecular weight is 420 g/mol. The van der Waals surface area contributed by atoms with Crippen molar-refractivity contribution in [2.24, 2.45) is 0 Å². The zero-order valence-electron chi connectivity index (χ0n) is 14.7. The molecule has 0 atom stereocenters. The van der Waals surface area contributed by atoms with Crippen LogP contribution >= 0.6 is 23.2 Å². The highest BCUT2D eigenvalue weighted by Gasteiger charge is 2.07. The molecule has 0 saturated heterocycles. The molecule has 3 rings (SSSR count). The Morgan fingerprint density at radius 1 is 1.04 bits per heavy atom. The maximum Gasteiger partial charge on any atom is 0.266 e. The molecule has 1 heterocycles. The predicted octanol–water partition coefficient (Wildman–Crippen LogP) is 4.78. The molecular weight excluding hydrogens is 404 g/mol. The van der Waals surface area contributed by atoms with Gasteiger partial charge in [-0.1, -0.05) is 23.2 Å². The van der Waals surface area contributed by atoms with E-state index in [0.29, 0.717) is 33.4 Å². The summed E-state index contributed by atoms with van der Waals surface area (Å²) in [5.74, 6) is -0.565. The Morgan fingerprint density at radius 2 is 1.71 bits per heavy atom. The van der Waals surface area contributed by atoms with Crippen molar-refractivity contribution in [2.45, 2.75) is 19.4 Å². The largest absolute Gasteiger partial charge is 0.326 e. The Balaban J connectivity index is 1.61. The van der Waals surface area contributed by atoms with Crippen molar-refractivity contribution < 1.29 is 9.18 Å². The Hall–Kier alpha value is -2.70. The summed E-state index contributed by atoms with van der Waals surface area (Å²) in [5.41, 5.74) is 1.49. The Morgan fingerprint density at radius 3 is 2.39 bits per heavy atom. The first kappa shape index (κ1) is 20.0. The number of aryl methyl sites for hydroxylation is 1. The number of rotatable bonds is 6. The van der Waals surface area contributed by atoms with Gasteiger partial charge in [-0.25, -0.2) is 9.07 Å². The molecule has 2 aromatic carbocycles. The lowest BCUT2D eigenvalue weighted by atomic mass is 10.1. The summed E-state index contributed by atoms with van der Waals surface area (Å²) in [6, 6.07) is 13.6. The summed E-state index contributed by atoms with van der Waals surface area (Å²) in [6.07, 6.45) is 0.610. The van der Waals surface area contributed by atoms with Gasteiger partial charge in [-0.3, -0.25) is 9.59 Å². The van der Waals surface area contributed by atoms with Crippen LogP contribution < -0.4 is 10.9 Å². The number of halogens is 3. The molecule has 1 aromatic heterocycles. The van der Waals surface area contributed by atoms with Crippen LogP contribution in [-0.4, -0.2) is 15.7 Å². The third kappa shape index (κ3) is 5.41. The second-order valence-electron chi connectivity index (χ2n) is 6.10. The number of hydrogen-bond acceptors (Lipinski definition) is 3. The molecule has 0 bridgehead atoms. The lowest BCUT2D eigenvalue weighted by molar-refractivity contribution is -0.116. The van der Waals surface area contributed by atoms with Crippen LogP contribution in [0.5, 0.6) is 0 Å². The van der Waals surface area contributed by atoms with Crippen LogP contribution in [0, 0.1) is 5.82 Å².